The van der Waals surface area contributed by atoms with E-state index in [9.17, 15) is 18.8 Å². The molecule has 1 aromatic carbocycles. The molecule has 1 aromatic rings. The molecule has 8 heteroatoms. The standard InChI is InChI=1S/C19H24FN3O4/c1-27-19(26)16-12-22(17(24)14-3-2-4-15(20)11-14)9-10-23(16)18(25)13-5-7-21-8-6-13/h2-4,11,13,16,21H,5-10,12H2,1H3. The summed E-state index contributed by atoms with van der Waals surface area (Å²) in [7, 11) is 1.27. The molecule has 0 aromatic heterocycles. The van der Waals surface area contributed by atoms with Crippen LogP contribution < -0.4 is 5.32 Å². The Balaban J connectivity index is 1.75. The van der Waals surface area contributed by atoms with Crippen LogP contribution in [0, 0.1) is 11.7 Å². The van der Waals surface area contributed by atoms with Crippen molar-refractivity contribution < 1.29 is 23.5 Å². The molecule has 2 fully saturated rings. The van der Waals surface area contributed by atoms with Gasteiger partial charge in [-0.3, -0.25) is 9.59 Å². The molecule has 3 rings (SSSR count). The van der Waals surface area contributed by atoms with Crippen LogP contribution in [0.3, 0.4) is 0 Å². The van der Waals surface area contributed by atoms with Crippen molar-refractivity contribution in [2.45, 2.75) is 18.9 Å². The minimum Gasteiger partial charge on any atom is -0.467 e. The van der Waals surface area contributed by atoms with E-state index in [-0.39, 0.29) is 36.4 Å². The Morgan fingerprint density at radius 2 is 1.93 bits per heavy atom. The first kappa shape index (κ1) is 19.3. The van der Waals surface area contributed by atoms with E-state index in [0.29, 0.717) is 6.54 Å². The number of nitrogens with one attached hydrogen (secondary N) is 1. The molecular formula is C19H24FN3O4. The molecular weight excluding hydrogens is 353 g/mol. The van der Waals surface area contributed by atoms with Crippen LogP contribution in [-0.2, 0) is 14.3 Å². The van der Waals surface area contributed by atoms with E-state index in [2.05, 4.69) is 5.32 Å². The summed E-state index contributed by atoms with van der Waals surface area (Å²) in [5, 5.41) is 3.22. The first-order chi connectivity index (χ1) is 13.0. The second-order valence-electron chi connectivity index (χ2n) is 6.86. The summed E-state index contributed by atoms with van der Waals surface area (Å²) in [6, 6.07) is 4.59. The van der Waals surface area contributed by atoms with Crippen LogP contribution in [0.15, 0.2) is 24.3 Å². The number of hydrogen-bond donors (Lipinski definition) is 1. The number of piperazine rings is 1. The van der Waals surface area contributed by atoms with Crippen molar-refractivity contribution in [3.8, 4) is 0 Å². The summed E-state index contributed by atoms with van der Waals surface area (Å²) >= 11 is 0. The third-order valence-electron chi connectivity index (χ3n) is 5.18. The van der Waals surface area contributed by atoms with Crippen molar-refractivity contribution in [1.82, 2.24) is 15.1 Å². The molecule has 2 aliphatic rings. The van der Waals surface area contributed by atoms with Gasteiger partial charge in [-0.25, -0.2) is 9.18 Å². The molecule has 0 radical (unpaired) electrons. The Morgan fingerprint density at radius 3 is 2.59 bits per heavy atom. The fourth-order valence-electron chi connectivity index (χ4n) is 3.68. The first-order valence-electron chi connectivity index (χ1n) is 9.15. The van der Waals surface area contributed by atoms with Crippen LogP contribution in [0.2, 0.25) is 0 Å². The summed E-state index contributed by atoms with van der Waals surface area (Å²) in [6.07, 6.45) is 1.46. The third-order valence-corrected chi connectivity index (χ3v) is 5.18. The van der Waals surface area contributed by atoms with E-state index in [1.54, 1.807) is 0 Å². The minimum absolute atomic E-state index is 0.0404. The predicted octanol–water partition coefficient (Wildman–Crippen LogP) is 0.651. The number of benzene rings is 1. The molecule has 0 spiro atoms. The van der Waals surface area contributed by atoms with Gasteiger partial charge in [0.05, 0.1) is 13.7 Å². The van der Waals surface area contributed by atoms with Gasteiger partial charge in [0.2, 0.25) is 5.91 Å². The van der Waals surface area contributed by atoms with Crippen molar-refractivity contribution in [1.29, 1.82) is 0 Å². The number of halogens is 1. The topological polar surface area (TPSA) is 79.0 Å². The van der Waals surface area contributed by atoms with Gasteiger partial charge in [-0.1, -0.05) is 6.07 Å². The number of carbonyl (C=O) groups is 3. The summed E-state index contributed by atoms with van der Waals surface area (Å²) in [4.78, 5) is 40.9. The molecule has 146 valence electrons. The number of carbonyl (C=O) groups excluding carboxylic acids is 3. The molecule has 27 heavy (non-hydrogen) atoms. The number of esters is 1. The molecule has 2 saturated heterocycles. The summed E-state index contributed by atoms with van der Waals surface area (Å²) in [5.41, 5.74) is 0.219. The smallest absolute Gasteiger partial charge is 0.330 e. The number of piperidine rings is 1. The highest BCUT2D eigenvalue weighted by Gasteiger charge is 2.40. The van der Waals surface area contributed by atoms with Crippen molar-refractivity contribution in [2.75, 3.05) is 39.8 Å². The zero-order chi connectivity index (χ0) is 19.4. The average Bonchev–Trinajstić information content (AvgIpc) is 2.72. The number of ether oxygens (including phenoxy) is 1. The molecule has 0 bridgehead atoms. The van der Waals surface area contributed by atoms with Gasteiger partial charge < -0.3 is 19.9 Å². The number of methoxy groups -OCH3 is 1. The van der Waals surface area contributed by atoms with Crippen molar-refractivity contribution >= 4 is 17.8 Å². The highest BCUT2D eigenvalue weighted by atomic mass is 19.1. The Labute approximate surface area is 157 Å². The van der Waals surface area contributed by atoms with Crippen LogP contribution in [0.1, 0.15) is 23.2 Å². The maximum atomic E-state index is 13.4. The summed E-state index contributed by atoms with van der Waals surface area (Å²) < 4.78 is 18.3. The average molecular weight is 377 g/mol. The van der Waals surface area contributed by atoms with Crippen LogP contribution in [0.25, 0.3) is 0 Å². The Bertz CT molecular complexity index is 721. The molecule has 2 aliphatic heterocycles. The predicted molar refractivity (Wildman–Crippen MR) is 95.4 cm³/mol. The third kappa shape index (κ3) is 4.27. The summed E-state index contributed by atoms with van der Waals surface area (Å²) in [5.74, 6) is -1.59. The zero-order valence-corrected chi connectivity index (χ0v) is 15.3. The highest BCUT2D eigenvalue weighted by Crippen LogP contribution is 2.21. The highest BCUT2D eigenvalue weighted by molar-refractivity contribution is 5.95. The quantitative estimate of drug-likeness (QED) is 0.783. The zero-order valence-electron chi connectivity index (χ0n) is 15.3. The molecule has 1 N–H and O–H groups in total. The van der Waals surface area contributed by atoms with E-state index >= 15 is 0 Å². The number of amides is 2. The van der Waals surface area contributed by atoms with Gasteiger partial charge in [-0.15, -0.1) is 0 Å². The van der Waals surface area contributed by atoms with Gasteiger partial charge in [0.25, 0.3) is 5.91 Å². The fraction of sp³-hybridized carbons (Fsp3) is 0.526. The fourth-order valence-corrected chi connectivity index (χ4v) is 3.68. The number of hydrogen-bond acceptors (Lipinski definition) is 5. The summed E-state index contributed by atoms with van der Waals surface area (Å²) in [6.45, 7) is 2.14. The maximum absolute atomic E-state index is 13.4. The minimum atomic E-state index is -0.844. The molecule has 2 amide bonds. The van der Waals surface area contributed by atoms with Gasteiger partial charge in [0, 0.05) is 24.6 Å². The van der Waals surface area contributed by atoms with Crippen molar-refractivity contribution in [3.05, 3.63) is 35.6 Å². The maximum Gasteiger partial charge on any atom is 0.330 e. The lowest BCUT2D eigenvalue weighted by Gasteiger charge is -2.41. The molecule has 0 aliphatic carbocycles. The largest absolute Gasteiger partial charge is 0.467 e. The Kier molecular flexibility index (Phi) is 6.05. The Hall–Kier alpha value is -2.48. The van der Waals surface area contributed by atoms with E-state index in [1.165, 1.54) is 41.2 Å². The Morgan fingerprint density at radius 1 is 1.19 bits per heavy atom. The van der Waals surface area contributed by atoms with Crippen LogP contribution >= 0.6 is 0 Å². The van der Waals surface area contributed by atoms with Crippen molar-refractivity contribution in [3.63, 3.8) is 0 Å². The van der Waals surface area contributed by atoms with Gasteiger partial charge in [0.1, 0.15) is 11.9 Å². The second-order valence-corrected chi connectivity index (χ2v) is 6.86. The van der Waals surface area contributed by atoms with Gasteiger partial charge in [-0.2, -0.15) is 0 Å². The molecule has 0 saturated carbocycles. The lowest BCUT2D eigenvalue weighted by atomic mass is 9.95. The van der Waals surface area contributed by atoms with Gasteiger partial charge >= 0.3 is 5.97 Å². The lowest BCUT2D eigenvalue weighted by molar-refractivity contribution is -0.157. The molecule has 2 heterocycles. The van der Waals surface area contributed by atoms with Crippen molar-refractivity contribution in [2.24, 2.45) is 5.92 Å². The second kappa shape index (κ2) is 8.47. The van der Waals surface area contributed by atoms with E-state index in [4.69, 9.17) is 4.74 Å². The van der Waals surface area contributed by atoms with E-state index < -0.39 is 17.8 Å². The monoisotopic (exact) mass is 377 g/mol. The van der Waals surface area contributed by atoms with Gasteiger partial charge in [-0.05, 0) is 44.1 Å². The van der Waals surface area contributed by atoms with Crippen LogP contribution in [0.4, 0.5) is 4.39 Å². The molecule has 1 unspecified atom stereocenters. The lowest BCUT2D eigenvalue weighted by Crippen LogP contribution is -2.61. The molecule has 1 atom stereocenters. The SMILES string of the molecule is COC(=O)C1CN(C(=O)c2cccc(F)c2)CCN1C(=O)C1CCNCC1. The number of nitrogens with zero attached hydrogens (tertiary/aromatic N) is 2. The number of rotatable bonds is 3. The first-order valence-corrected chi connectivity index (χ1v) is 9.15. The van der Waals surface area contributed by atoms with Gasteiger partial charge in [0.15, 0.2) is 0 Å². The van der Waals surface area contributed by atoms with E-state index in [0.717, 1.165) is 25.9 Å². The van der Waals surface area contributed by atoms with Crippen LogP contribution in [0.5, 0.6) is 0 Å². The molecule has 7 nitrogen and oxygen atoms in total. The normalized spacial score (nSPS) is 21.0. The van der Waals surface area contributed by atoms with E-state index in [1.807, 2.05) is 0 Å². The van der Waals surface area contributed by atoms with Crippen LogP contribution in [-0.4, -0.2) is 73.5 Å².